The van der Waals surface area contributed by atoms with Gasteiger partial charge in [0.05, 0.1) is 0 Å². The molecule has 0 aliphatic carbocycles. The van der Waals surface area contributed by atoms with E-state index in [0.29, 0.717) is 12.0 Å². The van der Waals surface area contributed by atoms with Crippen LogP contribution in [-0.4, -0.2) is 30.1 Å². The lowest BCUT2D eigenvalue weighted by atomic mass is 9.92. The van der Waals surface area contributed by atoms with Crippen molar-refractivity contribution in [1.82, 2.24) is 10.2 Å². The topological polar surface area (TPSA) is 15.3 Å². The highest BCUT2D eigenvalue weighted by molar-refractivity contribution is 7.10. The minimum Gasteiger partial charge on any atom is -0.309 e. The lowest BCUT2D eigenvalue weighted by molar-refractivity contribution is 0.0772. The van der Waals surface area contributed by atoms with Gasteiger partial charge in [0.25, 0.3) is 0 Å². The first kappa shape index (κ1) is 14.0. The Hall–Kier alpha value is -0.380. The van der Waals surface area contributed by atoms with Gasteiger partial charge in [0.15, 0.2) is 0 Å². The molecule has 0 amide bonds. The number of rotatable bonds is 4. The van der Waals surface area contributed by atoms with Crippen molar-refractivity contribution in [2.45, 2.75) is 45.7 Å². The number of hydrogen-bond donors (Lipinski definition) is 1. The third-order valence-corrected chi connectivity index (χ3v) is 5.09. The molecular formula is C15H26N2S. The second-order valence-electron chi connectivity index (χ2n) is 6.02. The molecular weight excluding hydrogens is 240 g/mol. The Labute approximate surface area is 115 Å². The van der Waals surface area contributed by atoms with Crippen LogP contribution in [0.2, 0.25) is 0 Å². The molecule has 1 aliphatic heterocycles. The summed E-state index contributed by atoms with van der Waals surface area (Å²) in [6, 6.07) is 5.05. The summed E-state index contributed by atoms with van der Waals surface area (Å²) in [6.07, 6.45) is 1.19. The molecule has 18 heavy (non-hydrogen) atoms. The molecule has 102 valence electrons. The van der Waals surface area contributed by atoms with Gasteiger partial charge in [0, 0.05) is 36.1 Å². The van der Waals surface area contributed by atoms with Gasteiger partial charge < -0.3 is 5.32 Å². The number of piperazine rings is 1. The molecule has 1 aromatic rings. The third kappa shape index (κ3) is 2.95. The van der Waals surface area contributed by atoms with Gasteiger partial charge in [-0.15, -0.1) is 11.3 Å². The van der Waals surface area contributed by atoms with Crippen LogP contribution < -0.4 is 5.32 Å². The quantitative estimate of drug-likeness (QED) is 0.897. The number of thiophene rings is 1. The van der Waals surface area contributed by atoms with Crippen LogP contribution in [0.1, 0.15) is 45.0 Å². The average Bonchev–Trinajstić information content (AvgIpc) is 2.82. The van der Waals surface area contributed by atoms with Crippen molar-refractivity contribution < 1.29 is 0 Å². The fraction of sp³-hybridized carbons (Fsp3) is 0.733. The molecule has 0 spiro atoms. The SMILES string of the molecule is CCC1(C)CN(C(c2cccs2)C(C)C)CCN1. The summed E-state index contributed by atoms with van der Waals surface area (Å²) in [5.41, 5.74) is 0.280. The molecule has 1 aromatic heterocycles. The van der Waals surface area contributed by atoms with E-state index in [9.17, 15) is 0 Å². The molecule has 2 atom stereocenters. The number of nitrogens with zero attached hydrogens (tertiary/aromatic N) is 1. The Morgan fingerprint density at radius 3 is 2.83 bits per heavy atom. The van der Waals surface area contributed by atoms with E-state index in [-0.39, 0.29) is 5.54 Å². The van der Waals surface area contributed by atoms with Crippen LogP contribution in [0.25, 0.3) is 0 Å². The van der Waals surface area contributed by atoms with Crippen LogP contribution >= 0.6 is 11.3 Å². The monoisotopic (exact) mass is 266 g/mol. The van der Waals surface area contributed by atoms with E-state index >= 15 is 0 Å². The first-order valence-electron chi connectivity index (χ1n) is 7.08. The molecule has 0 bridgehead atoms. The molecule has 1 saturated heterocycles. The van der Waals surface area contributed by atoms with Gasteiger partial charge >= 0.3 is 0 Å². The molecule has 1 N–H and O–H groups in total. The highest BCUT2D eigenvalue weighted by atomic mass is 32.1. The van der Waals surface area contributed by atoms with Gasteiger partial charge in [-0.25, -0.2) is 0 Å². The van der Waals surface area contributed by atoms with Crippen molar-refractivity contribution in [2.24, 2.45) is 5.92 Å². The largest absolute Gasteiger partial charge is 0.309 e. The third-order valence-electron chi connectivity index (χ3n) is 4.14. The minimum absolute atomic E-state index is 0.280. The van der Waals surface area contributed by atoms with Crippen molar-refractivity contribution in [1.29, 1.82) is 0 Å². The summed E-state index contributed by atoms with van der Waals surface area (Å²) in [7, 11) is 0. The summed E-state index contributed by atoms with van der Waals surface area (Å²) in [5.74, 6) is 0.669. The van der Waals surface area contributed by atoms with E-state index in [0.717, 1.165) is 19.6 Å². The van der Waals surface area contributed by atoms with Gasteiger partial charge in [0.1, 0.15) is 0 Å². The average molecular weight is 266 g/mol. The van der Waals surface area contributed by atoms with E-state index < -0.39 is 0 Å². The van der Waals surface area contributed by atoms with Gasteiger partial charge in [-0.1, -0.05) is 26.8 Å². The zero-order valence-corrected chi connectivity index (χ0v) is 12.9. The fourth-order valence-electron chi connectivity index (χ4n) is 2.95. The first-order chi connectivity index (χ1) is 8.56. The summed E-state index contributed by atoms with van der Waals surface area (Å²) in [6.45, 7) is 12.8. The lowest BCUT2D eigenvalue weighted by Gasteiger charge is -2.45. The smallest absolute Gasteiger partial charge is 0.0465 e. The predicted molar refractivity (Wildman–Crippen MR) is 80.2 cm³/mol. The van der Waals surface area contributed by atoms with Crippen molar-refractivity contribution >= 4 is 11.3 Å². The molecule has 0 radical (unpaired) electrons. The number of nitrogens with one attached hydrogen (secondary N) is 1. The maximum absolute atomic E-state index is 3.68. The fourth-order valence-corrected chi connectivity index (χ4v) is 3.98. The van der Waals surface area contributed by atoms with Crippen molar-refractivity contribution in [3.8, 4) is 0 Å². The second kappa shape index (κ2) is 5.72. The highest BCUT2D eigenvalue weighted by Crippen LogP contribution is 2.33. The molecule has 1 fully saturated rings. The summed E-state index contributed by atoms with van der Waals surface area (Å²) in [4.78, 5) is 4.20. The molecule has 0 aromatic carbocycles. The summed E-state index contributed by atoms with van der Waals surface area (Å²) >= 11 is 1.90. The van der Waals surface area contributed by atoms with Gasteiger partial charge in [-0.3, -0.25) is 4.90 Å². The highest BCUT2D eigenvalue weighted by Gasteiger charge is 2.34. The molecule has 2 unspecified atom stereocenters. The van der Waals surface area contributed by atoms with Crippen LogP contribution in [0.15, 0.2) is 17.5 Å². The first-order valence-corrected chi connectivity index (χ1v) is 7.96. The Kier molecular flexibility index (Phi) is 4.46. The maximum Gasteiger partial charge on any atom is 0.0465 e. The minimum atomic E-state index is 0.280. The van der Waals surface area contributed by atoms with E-state index in [1.54, 1.807) is 0 Å². The van der Waals surface area contributed by atoms with Crippen molar-refractivity contribution in [3.63, 3.8) is 0 Å². The van der Waals surface area contributed by atoms with E-state index in [4.69, 9.17) is 0 Å². The van der Waals surface area contributed by atoms with Crippen LogP contribution in [0.3, 0.4) is 0 Å². The van der Waals surface area contributed by atoms with E-state index in [1.165, 1.54) is 11.3 Å². The second-order valence-corrected chi connectivity index (χ2v) is 7.00. The Bertz CT molecular complexity index is 361. The zero-order chi connectivity index (χ0) is 13.2. The van der Waals surface area contributed by atoms with E-state index in [1.807, 2.05) is 11.3 Å². The normalized spacial score (nSPS) is 27.6. The van der Waals surface area contributed by atoms with Crippen molar-refractivity contribution in [2.75, 3.05) is 19.6 Å². The zero-order valence-electron chi connectivity index (χ0n) is 12.1. The summed E-state index contributed by atoms with van der Waals surface area (Å²) < 4.78 is 0. The Morgan fingerprint density at radius 2 is 2.28 bits per heavy atom. The predicted octanol–water partition coefficient (Wildman–Crippen LogP) is 3.52. The Balaban J connectivity index is 2.17. The molecule has 2 rings (SSSR count). The molecule has 3 heteroatoms. The lowest BCUT2D eigenvalue weighted by Crippen LogP contribution is -2.59. The van der Waals surface area contributed by atoms with Crippen LogP contribution in [-0.2, 0) is 0 Å². The maximum atomic E-state index is 3.68. The molecule has 1 aliphatic rings. The van der Waals surface area contributed by atoms with Crippen LogP contribution in [0.4, 0.5) is 0 Å². The summed E-state index contributed by atoms with van der Waals surface area (Å²) in [5, 5.41) is 5.88. The molecule has 0 saturated carbocycles. The molecule has 2 nitrogen and oxygen atoms in total. The molecule has 2 heterocycles. The van der Waals surface area contributed by atoms with Gasteiger partial charge in [0.2, 0.25) is 0 Å². The van der Waals surface area contributed by atoms with Crippen LogP contribution in [0.5, 0.6) is 0 Å². The van der Waals surface area contributed by atoms with Gasteiger partial charge in [-0.05, 0) is 30.7 Å². The standard InChI is InChI=1S/C15H26N2S/c1-5-15(4)11-17(9-8-16-15)14(12(2)3)13-7-6-10-18-13/h6-7,10,12,14,16H,5,8-9,11H2,1-4H3. The number of hydrogen-bond acceptors (Lipinski definition) is 3. The van der Waals surface area contributed by atoms with Crippen molar-refractivity contribution in [3.05, 3.63) is 22.4 Å². The van der Waals surface area contributed by atoms with Crippen LogP contribution in [0, 0.1) is 5.92 Å². The Morgan fingerprint density at radius 1 is 1.50 bits per heavy atom. The van der Waals surface area contributed by atoms with Gasteiger partial charge in [-0.2, -0.15) is 0 Å². The van der Waals surface area contributed by atoms with E-state index in [2.05, 4.69) is 55.4 Å².